The zero-order valence-electron chi connectivity index (χ0n) is 13.4. The molecule has 0 saturated heterocycles. The standard InChI is InChI=1S/C19H22N2O/c1-13-6-4-5-7-16(13)12-19(10-11-19)21-18(22)17-9-8-14(2)20-15(17)3/h4-9H,10-12H2,1-3H3,(H,21,22). The maximum Gasteiger partial charge on any atom is 0.253 e. The monoisotopic (exact) mass is 294 g/mol. The fourth-order valence-corrected chi connectivity index (χ4v) is 2.90. The number of hydrogen-bond acceptors (Lipinski definition) is 2. The summed E-state index contributed by atoms with van der Waals surface area (Å²) in [5, 5.41) is 3.24. The summed E-state index contributed by atoms with van der Waals surface area (Å²) in [6.07, 6.45) is 3.00. The van der Waals surface area contributed by atoms with E-state index in [1.807, 2.05) is 26.0 Å². The lowest BCUT2D eigenvalue weighted by Crippen LogP contribution is -2.39. The average molecular weight is 294 g/mol. The molecule has 1 amide bonds. The van der Waals surface area contributed by atoms with Gasteiger partial charge in [-0.3, -0.25) is 9.78 Å². The van der Waals surface area contributed by atoms with E-state index in [9.17, 15) is 4.79 Å². The number of carbonyl (C=O) groups is 1. The molecule has 1 aromatic carbocycles. The molecule has 3 rings (SSSR count). The Kier molecular flexibility index (Phi) is 3.73. The summed E-state index contributed by atoms with van der Waals surface area (Å²) in [5.74, 6) is -0.00363. The van der Waals surface area contributed by atoms with Crippen molar-refractivity contribution in [2.45, 2.75) is 45.6 Å². The SMILES string of the molecule is Cc1ccc(C(=O)NC2(Cc3ccccc3C)CC2)c(C)n1. The number of pyridine rings is 1. The van der Waals surface area contributed by atoms with Crippen LogP contribution in [0.3, 0.4) is 0 Å². The van der Waals surface area contributed by atoms with Gasteiger partial charge < -0.3 is 5.32 Å². The highest BCUT2D eigenvalue weighted by molar-refractivity contribution is 5.96. The zero-order valence-corrected chi connectivity index (χ0v) is 13.4. The van der Waals surface area contributed by atoms with Crippen LogP contribution < -0.4 is 5.32 Å². The van der Waals surface area contributed by atoms with Gasteiger partial charge in [-0.1, -0.05) is 24.3 Å². The first-order valence-corrected chi connectivity index (χ1v) is 7.80. The summed E-state index contributed by atoms with van der Waals surface area (Å²) in [4.78, 5) is 16.9. The first-order valence-electron chi connectivity index (χ1n) is 7.80. The number of rotatable bonds is 4. The molecule has 0 spiro atoms. The minimum atomic E-state index is -0.0689. The molecule has 0 aliphatic heterocycles. The van der Waals surface area contributed by atoms with Gasteiger partial charge in [0.25, 0.3) is 5.91 Å². The van der Waals surface area contributed by atoms with Gasteiger partial charge >= 0.3 is 0 Å². The Bertz CT molecular complexity index is 717. The van der Waals surface area contributed by atoms with Gasteiger partial charge in [0.2, 0.25) is 0 Å². The number of carbonyl (C=O) groups excluding carboxylic acids is 1. The third-order valence-electron chi connectivity index (χ3n) is 4.49. The maximum atomic E-state index is 12.6. The molecule has 0 radical (unpaired) electrons. The van der Waals surface area contributed by atoms with Crippen LogP contribution in [0.5, 0.6) is 0 Å². The largest absolute Gasteiger partial charge is 0.346 e. The second kappa shape index (κ2) is 5.56. The van der Waals surface area contributed by atoms with Gasteiger partial charge in [-0.15, -0.1) is 0 Å². The number of nitrogens with zero attached hydrogens (tertiary/aromatic N) is 1. The third kappa shape index (κ3) is 3.03. The molecule has 0 atom stereocenters. The van der Waals surface area contributed by atoms with Crippen molar-refractivity contribution in [1.29, 1.82) is 0 Å². The molecule has 1 heterocycles. The van der Waals surface area contributed by atoms with Crippen molar-refractivity contribution in [3.8, 4) is 0 Å². The summed E-state index contributed by atoms with van der Waals surface area (Å²) in [6, 6.07) is 12.2. The smallest absolute Gasteiger partial charge is 0.253 e. The van der Waals surface area contributed by atoms with Crippen molar-refractivity contribution in [1.82, 2.24) is 10.3 Å². The Labute approximate surface area is 131 Å². The van der Waals surface area contributed by atoms with E-state index in [1.165, 1.54) is 11.1 Å². The summed E-state index contributed by atoms with van der Waals surface area (Å²) in [6.45, 7) is 5.96. The van der Waals surface area contributed by atoms with Crippen LogP contribution in [0, 0.1) is 20.8 Å². The number of aromatic nitrogens is 1. The van der Waals surface area contributed by atoms with Crippen molar-refractivity contribution >= 4 is 5.91 Å². The Balaban J connectivity index is 1.75. The molecule has 22 heavy (non-hydrogen) atoms. The lowest BCUT2D eigenvalue weighted by molar-refractivity contribution is 0.0930. The summed E-state index contributed by atoms with van der Waals surface area (Å²) in [7, 11) is 0. The predicted octanol–water partition coefficient (Wildman–Crippen LogP) is 3.51. The lowest BCUT2D eigenvalue weighted by Gasteiger charge is -2.19. The fourth-order valence-electron chi connectivity index (χ4n) is 2.90. The second-order valence-electron chi connectivity index (χ2n) is 6.42. The molecular formula is C19H22N2O. The van der Waals surface area contributed by atoms with Gasteiger partial charge in [0.1, 0.15) is 0 Å². The van der Waals surface area contributed by atoms with Crippen LogP contribution in [0.4, 0.5) is 0 Å². The van der Waals surface area contributed by atoms with Crippen LogP contribution >= 0.6 is 0 Å². The van der Waals surface area contributed by atoms with Gasteiger partial charge in [-0.25, -0.2) is 0 Å². The van der Waals surface area contributed by atoms with E-state index in [1.54, 1.807) is 0 Å². The Morgan fingerprint density at radius 1 is 1.14 bits per heavy atom. The number of hydrogen-bond donors (Lipinski definition) is 1. The van der Waals surface area contributed by atoms with E-state index in [0.29, 0.717) is 5.56 Å². The maximum absolute atomic E-state index is 12.6. The van der Waals surface area contributed by atoms with E-state index >= 15 is 0 Å². The van der Waals surface area contributed by atoms with Crippen LogP contribution in [0.2, 0.25) is 0 Å². The molecule has 114 valence electrons. The lowest BCUT2D eigenvalue weighted by atomic mass is 9.99. The molecule has 0 unspecified atom stereocenters. The van der Waals surface area contributed by atoms with Crippen molar-refractivity contribution in [2.24, 2.45) is 0 Å². The summed E-state index contributed by atoms with van der Waals surface area (Å²) in [5.41, 5.74) is 4.96. The van der Waals surface area contributed by atoms with Crippen LogP contribution in [-0.4, -0.2) is 16.4 Å². The molecule has 1 aliphatic rings. The van der Waals surface area contributed by atoms with Crippen molar-refractivity contribution in [3.05, 3.63) is 64.5 Å². The van der Waals surface area contributed by atoms with Crippen LogP contribution in [0.1, 0.15) is 45.7 Å². The van der Waals surface area contributed by atoms with Gasteiger partial charge in [0, 0.05) is 11.2 Å². The quantitative estimate of drug-likeness (QED) is 0.937. The van der Waals surface area contributed by atoms with E-state index in [-0.39, 0.29) is 11.4 Å². The number of aryl methyl sites for hydroxylation is 3. The Morgan fingerprint density at radius 2 is 1.86 bits per heavy atom. The van der Waals surface area contributed by atoms with Gasteiger partial charge in [-0.2, -0.15) is 0 Å². The normalized spacial score (nSPS) is 15.4. The minimum Gasteiger partial charge on any atom is -0.346 e. The highest BCUT2D eigenvalue weighted by Gasteiger charge is 2.44. The van der Waals surface area contributed by atoms with E-state index in [4.69, 9.17) is 0 Å². The fraction of sp³-hybridized carbons (Fsp3) is 0.368. The van der Waals surface area contributed by atoms with Crippen LogP contribution in [0.25, 0.3) is 0 Å². The molecule has 2 aromatic rings. The first-order chi connectivity index (χ1) is 10.5. The minimum absolute atomic E-state index is 0.00363. The Morgan fingerprint density at radius 3 is 2.50 bits per heavy atom. The molecule has 1 fully saturated rings. The Hall–Kier alpha value is -2.16. The van der Waals surface area contributed by atoms with Crippen LogP contribution in [-0.2, 0) is 6.42 Å². The van der Waals surface area contributed by atoms with Gasteiger partial charge in [-0.05, 0) is 63.3 Å². The molecule has 1 N–H and O–H groups in total. The third-order valence-corrected chi connectivity index (χ3v) is 4.49. The number of benzene rings is 1. The molecule has 1 saturated carbocycles. The first kappa shape index (κ1) is 14.8. The van der Waals surface area contributed by atoms with E-state index < -0.39 is 0 Å². The average Bonchev–Trinajstić information content (AvgIpc) is 3.20. The summed E-state index contributed by atoms with van der Waals surface area (Å²) >= 11 is 0. The van der Waals surface area contributed by atoms with Crippen molar-refractivity contribution < 1.29 is 4.79 Å². The zero-order chi connectivity index (χ0) is 15.7. The van der Waals surface area contributed by atoms with Crippen molar-refractivity contribution in [3.63, 3.8) is 0 Å². The predicted molar refractivity (Wildman–Crippen MR) is 88.0 cm³/mol. The molecule has 3 nitrogen and oxygen atoms in total. The highest BCUT2D eigenvalue weighted by Crippen LogP contribution is 2.39. The summed E-state index contributed by atoms with van der Waals surface area (Å²) < 4.78 is 0. The van der Waals surface area contributed by atoms with Crippen molar-refractivity contribution in [2.75, 3.05) is 0 Å². The van der Waals surface area contributed by atoms with E-state index in [0.717, 1.165) is 30.7 Å². The van der Waals surface area contributed by atoms with Gasteiger partial charge in [0.15, 0.2) is 0 Å². The molecular weight excluding hydrogens is 272 g/mol. The second-order valence-corrected chi connectivity index (χ2v) is 6.42. The van der Waals surface area contributed by atoms with Gasteiger partial charge in [0.05, 0.1) is 11.3 Å². The van der Waals surface area contributed by atoms with Crippen LogP contribution in [0.15, 0.2) is 36.4 Å². The topological polar surface area (TPSA) is 42.0 Å². The molecule has 1 aliphatic carbocycles. The number of amides is 1. The molecule has 3 heteroatoms. The number of nitrogens with one attached hydrogen (secondary N) is 1. The molecule has 0 bridgehead atoms. The highest BCUT2D eigenvalue weighted by atomic mass is 16.1. The molecule has 1 aromatic heterocycles. The van der Waals surface area contributed by atoms with E-state index in [2.05, 4.69) is 41.5 Å².